The van der Waals surface area contributed by atoms with Crippen LogP contribution in [0.4, 0.5) is 0 Å². The van der Waals surface area contributed by atoms with Crippen LogP contribution in [-0.4, -0.2) is 17.1 Å². The van der Waals surface area contributed by atoms with Crippen molar-refractivity contribution in [2.45, 2.75) is 37.8 Å². The molecule has 1 atom stereocenters. The third-order valence-corrected chi connectivity index (χ3v) is 4.51. The summed E-state index contributed by atoms with van der Waals surface area (Å²) in [6.45, 7) is 0. The maximum absolute atomic E-state index is 11.4. The lowest BCUT2D eigenvalue weighted by molar-refractivity contribution is -0.139. The predicted molar refractivity (Wildman–Crippen MR) is 74.9 cm³/mol. The number of carbonyl (C=O) groups is 1. The van der Waals surface area contributed by atoms with Gasteiger partial charge in [0.2, 0.25) is 0 Å². The second kappa shape index (κ2) is 6.04. The van der Waals surface area contributed by atoms with Crippen molar-refractivity contribution in [1.29, 1.82) is 0 Å². The molecule has 0 aliphatic heterocycles. The molecule has 0 aromatic heterocycles. The van der Waals surface area contributed by atoms with Crippen molar-refractivity contribution in [1.82, 2.24) is 5.32 Å². The summed E-state index contributed by atoms with van der Waals surface area (Å²) in [4.78, 5) is 11.4. The van der Waals surface area contributed by atoms with Gasteiger partial charge < -0.3 is 5.11 Å². The summed E-state index contributed by atoms with van der Waals surface area (Å²) >= 11 is 9.32. The van der Waals surface area contributed by atoms with E-state index in [0.29, 0.717) is 16.6 Å². The lowest BCUT2D eigenvalue weighted by atomic mass is 10.1. The van der Waals surface area contributed by atoms with Crippen molar-refractivity contribution in [2.75, 3.05) is 0 Å². The Morgan fingerprint density at radius 1 is 1.44 bits per heavy atom. The number of carboxylic acids is 1. The Balaban J connectivity index is 2.17. The van der Waals surface area contributed by atoms with Gasteiger partial charge in [-0.15, -0.1) is 0 Å². The maximum Gasteiger partial charge on any atom is 0.325 e. The molecule has 0 radical (unpaired) electrons. The molecule has 5 heteroatoms. The van der Waals surface area contributed by atoms with E-state index in [1.54, 1.807) is 18.2 Å². The van der Waals surface area contributed by atoms with E-state index in [2.05, 4.69) is 21.2 Å². The van der Waals surface area contributed by atoms with Crippen molar-refractivity contribution < 1.29 is 9.90 Å². The third kappa shape index (κ3) is 3.25. The highest BCUT2D eigenvalue weighted by Gasteiger charge is 2.25. The molecule has 1 fully saturated rings. The molecule has 0 saturated heterocycles. The van der Waals surface area contributed by atoms with Gasteiger partial charge in [0.25, 0.3) is 0 Å². The standard InChI is InChI=1S/C13H15BrClNO2/c14-10-6-5-8(7-11(10)15)12(13(17)18)16-9-3-1-2-4-9/h5-7,9,12,16H,1-4H2,(H,17,18). The first kappa shape index (κ1) is 13.8. The molecule has 98 valence electrons. The van der Waals surface area contributed by atoms with Gasteiger partial charge in [-0.25, -0.2) is 0 Å². The minimum atomic E-state index is -0.861. The first-order valence-corrected chi connectivity index (χ1v) is 7.19. The lowest BCUT2D eigenvalue weighted by Crippen LogP contribution is -2.35. The minimum Gasteiger partial charge on any atom is -0.480 e. The van der Waals surface area contributed by atoms with Crippen molar-refractivity contribution in [2.24, 2.45) is 0 Å². The highest BCUT2D eigenvalue weighted by molar-refractivity contribution is 9.10. The summed E-state index contributed by atoms with van der Waals surface area (Å²) in [5.41, 5.74) is 0.697. The summed E-state index contributed by atoms with van der Waals surface area (Å²) in [7, 11) is 0. The van der Waals surface area contributed by atoms with Gasteiger partial charge in [-0.3, -0.25) is 10.1 Å². The predicted octanol–water partition coefficient (Wildman–Crippen LogP) is 3.76. The van der Waals surface area contributed by atoms with Crippen LogP contribution in [0.5, 0.6) is 0 Å². The van der Waals surface area contributed by atoms with Gasteiger partial charge >= 0.3 is 5.97 Å². The number of aliphatic carboxylic acids is 1. The van der Waals surface area contributed by atoms with Crippen LogP contribution < -0.4 is 5.32 Å². The SMILES string of the molecule is O=C(O)C(NC1CCCC1)c1ccc(Br)c(Cl)c1. The number of hydrogen-bond acceptors (Lipinski definition) is 2. The van der Waals surface area contributed by atoms with E-state index in [-0.39, 0.29) is 0 Å². The Hall–Kier alpha value is -0.580. The molecule has 0 heterocycles. The van der Waals surface area contributed by atoms with Crippen LogP contribution in [0.1, 0.15) is 37.3 Å². The van der Waals surface area contributed by atoms with Gasteiger partial charge in [0, 0.05) is 10.5 Å². The highest BCUT2D eigenvalue weighted by atomic mass is 79.9. The van der Waals surface area contributed by atoms with E-state index in [9.17, 15) is 9.90 Å². The van der Waals surface area contributed by atoms with Crippen LogP contribution in [0.15, 0.2) is 22.7 Å². The van der Waals surface area contributed by atoms with Crippen molar-refractivity contribution >= 4 is 33.5 Å². The summed E-state index contributed by atoms with van der Waals surface area (Å²) < 4.78 is 0.776. The fourth-order valence-corrected chi connectivity index (χ4v) is 2.77. The molecular formula is C13H15BrClNO2. The maximum atomic E-state index is 11.4. The number of rotatable bonds is 4. The molecule has 18 heavy (non-hydrogen) atoms. The molecule has 0 bridgehead atoms. The van der Waals surface area contributed by atoms with Crippen molar-refractivity contribution in [3.8, 4) is 0 Å². The molecule has 1 aromatic carbocycles. The minimum absolute atomic E-state index is 0.300. The Bertz CT molecular complexity index is 447. The summed E-state index contributed by atoms with van der Waals surface area (Å²) in [6.07, 6.45) is 4.44. The molecule has 1 unspecified atom stereocenters. The first-order chi connectivity index (χ1) is 8.58. The van der Waals surface area contributed by atoms with E-state index in [0.717, 1.165) is 17.3 Å². The average Bonchev–Trinajstić information content (AvgIpc) is 2.82. The zero-order valence-corrected chi connectivity index (χ0v) is 12.2. The van der Waals surface area contributed by atoms with Crippen LogP contribution in [-0.2, 0) is 4.79 Å². The van der Waals surface area contributed by atoms with Crippen molar-refractivity contribution in [3.63, 3.8) is 0 Å². The molecule has 3 nitrogen and oxygen atoms in total. The van der Waals surface area contributed by atoms with Crippen LogP contribution in [0, 0.1) is 0 Å². The van der Waals surface area contributed by atoms with E-state index < -0.39 is 12.0 Å². The Morgan fingerprint density at radius 3 is 2.67 bits per heavy atom. The average molecular weight is 333 g/mol. The Labute approximate surface area is 120 Å². The molecule has 0 spiro atoms. The monoisotopic (exact) mass is 331 g/mol. The third-order valence-electron chi connectivity index (χ3n) is 3.28. The largest absolute Gasteiger partial charge is 0.480 e. The lowest BCUT2D eigenvalue weighted by Gasteiger charge is -2.20. The van der Waals surface area contributed by atoms with E-state index >= 15 is 0 Å². The summed E-state index contributed by atoms with van der Waals surface area (Å²) in [5, 5.41) is 13.1. The summed E-state index contributed by atoms with van der Waals surface area (Å²) in [5.74, 6) is -0.861. The van der Waals surface area contributed by atoms with E-state index in [4.69, 9.17) is 11.6 Å². The number of benzene rings is 1. The fourth-order valence-electron chi connectivity index (χ4n) is 2.33. The van der Waals surface area contributed by atoms with E-state index in [1.165, 1.54) is 12.8 Å². The van der Waals surface area contributed by atoms with Crippen LogP contribution >= 0.6 is 27.5 Å². The van der Waals surface area contributed by atoms with Gasteiger partial charge in [0.1, 0.15) is 6.04 Å². The van der Waals surface area contributed by atoms with Gasteiger partial charge in [-0.1, -0.05) is 30.5 Å². The molecular weight excluding hydrogens is 318 g/mol. The van der Waals surface area contributed by atoms with Gasteiger partial charge in [0.05, 0.1) is 5.02 Å². The van der Waals surface area contributed by atoms with Gasteiger partial charge in [0.15, 0.2) is 0 Å². The van der Waals surface area contributed by atoms with Gasteiger partial charge in [-0.05, 0) is 46.5 Å². The van der Waals surface area contributed by atoms with Crippen LogP contribution in [0.2, 0.25) is 5.02 Å². The number of halogens is 2. The van der Waals surface area contributed by atoms with Crippen molar-refractivity contribution in [3.05, 3.63) is 33.3 Å². The van der Waals surface area contributed by atoms with E-state index in [1.807, 2.05) is 0 Å². The highest BCUT2D eigenvalue weighted by Crippen LogP contribution is 2.28. The summed E-state index contributed by atoms with van der Waals surface area (Å²) in [6, 6.07) is 4.89. The second-order valence-corrected chi connectivity index (χ2v) is 5.85. The molecule has 1 aliphatic carbocycles. The Morgan fingerprint density at radius 2 is 2.11 bits per heavy atom. The number of carboxylic acid groups (broad SMARTS) is 1. The molecule has 0 amide bonds. The number of nitrogens with one attached hydrogen (secondary N) is 1. The molecule has 1 aromatic rings. The topological polar surface area (TPSA) is 49.3 Å². The van der Waals surface area contributed by atoms with Gasteiger partial charge in [-0.2, -0.15) is 0 Å². The quantitative estimate of drug-likeness (QED) is 0.882. The Kier molecular flexibility index (Phi) is 4.65. The molecule has 2 N–H and O–H groups in total. The fraction of sp³-hybridized carbons (Fsp3) is 0.462. The number of hydrogen-bond donors (Lipinski definition) is 2. The normalized spacial score (nSPS) is 17.9. The first-order valence-electron chi connectivity index (χ1n) is 6.01. The second-order valence-electron chi connectivity index (χ2n) is 4.59. The zero-order valence-electron chi connectivity index (χ0n) is 9.83. The molecule has 1 aliphatic rings. The zero-order chi connectivity index (χ0) is 13.1. The smallest absolute Gasteiger partial charge is 0.325 e. The van der Waals surface area contributed by atoms with Crippen LogP contribution in [0.3, 0.4) is 0 Å². The molecule has 1 saturated carbocycles. The molecule has 2 rings (SSSR count). The van der Waals surface area contributed by atoms with Crippen LogP contribution in [0.25, 0.3) is 0 Å².